The van der Waals surface area contributed by atoms with Crippen LogP contribution in [-0.4, -0.2) is 17.6 Å². The topological polar surface area (TPSA) is 67.8 Å². The van der Waals surface area contributed by atoms with E-state index in [9.17, 15) is 13.2 Å². The number of rotatable bonds is 6. The van der Waals surface area contributed by atoms with Gasteiger partial charge in [-0.25, -0.2) is 0 Å². The summed E-state index contributed by atoms with van der Waals surface area (Å²) in [5.41, 5.74) is 4.35. The summed E-state index contributed by atoms with van der Waals surface area (Å²) in [7, 11) is 0. The van der Waals surface area contributed by atoms with Crippen molar-refractivity contribution in [3.05, 3.63) is 29.3 Å². The lowest BCUT2D eigenvalue weighted by molar-refractivity contribution is -0.139. The molecule has 0 bridgehead atoms. The van der Waals surface area contributed by atoms with Crippen molar-refractivity contribution < 1.29 is 23.1 Å². The zero-order valence-electron chi connectivity index (χ0n) is 11.9. The highest BCUT2D eigenvalue weighted by atomic mass is 19.4. The highest BCUT2D eigenvalue weighted by molar-refractivity contribution is 5.97. The van der Waals surface area contributed by atoms with Gasteiger partial charge in [0.05, 0.1) is 12.2 Å². The van der Waals surface area contributed by atoms with Crippen LogP contribution in [0, 0.1) is 5.92 Å². The Labute approximate surface area is 121 Å². The Hall–Kier alpha value is -1.92. The standard InChI is InChI=1S/C14H19F3N2O2/c1-9(2)4-3-7-21-12-6-5-10(13(18)19-20)8-11(12)14(15,16)17/h5-6,8-9,20H,3-4,7H2,1-2H3,(H2,18,19). The molecule has 0 radical (unpaired) electrons. The first-order chi connectivity index (χ1) is 9.75. The molecule has 0 spiro atoms. The van der Waals surface area contributed by atoms with Gasteiger partial charge in [0, 0.05) is 5.56 Å². The van der Waals surface area contributed by atoms with Gasteiger partial charge in [-0.05, 0) is 37.0 Å². The number of oxime groups is 1. The first-order valence-corrected chi connectivity index (χ1v) is 6.57. The molecule has 0 unspecified atom stereocenters. The molecule has 0 heterocycles. The average molecular weight is 304 g/mol. The van der Waals surface area contributed by atoms with E-state index < -0.39 is 11.7 Å². The summed E-state index contributed by atoms with van der Waals surface area (Å²) in [6, 6.07) is 3.32. The number of halogens is 3. The van der Waals surface area contributed by atoms with Gasteiger partial charge in [0.1, 0.15) is 5.75 Å². The Morgan fingerprint density at radius 2 is 2.05 bits per heavy atom. The fourth-order valence-corrected chi connectivity index (χ4v) is 1.77. The van der Waals surface area contributed by atoms with E-state index in [2.05, 4.69) is 5.16 Å². The number of nitrogens with zero attached hydrogens (tertiary/aromatic N) is 1. The van der Waals surface area contributed by atoms with E-state index in [0.717, 1.165) is 12.5 Å². The average Bonchev–Trinajstić information content (AvgIpc) is 2.41. The number of alkyl halides is 3. The van der Waals surface area contributed by atoms with Crippen molar-refractivity contribution in [2.24, 2.45) is 16.8 Å². The minimum absolute atomic E-state index is 0.0145. The number of hydrogen-bond acceptors (Lipinski definition) is 3. The van der Waals surface area contributed by atoms with E-state index in [0.29, 0.717) is 12.3 Å². The molecule has 0 aromatic heterocycles. The second-order valence-electron chi connectivity index (χ2n) is 5.08. The molecule has 1 aromatic rings. The monoisotopic (exact) mass is 304 g/mol. The van der Waals surface area contributed by atoms with E-state index in [1.54, 1.807) is 0 Å². The molecule has 0 amide bonds. The van der Waals surface area contributed by atoms with Gasteiger partial charge in [0.2, 0.25) is 0 Å². The first-order valence-electron chi connectivity index (χ1n) is 6.57. The summed E-state index contributed by atoms with van der Waals surface area (Å²) in [5.74, 6) is -0.161. The van der Waals surface area contributed by atoms with Crippen LogP contribution in [0.15, 0.2) is 23.4 Å². The third kappa shape index (κ3) is 5.17. The van der Waals surface area contributed by atoms with Gasteiger partial charge in [0.15, 0.2) is 5.84 Å². The minimum Gasteiger partial charge on any atom is -0.493 e. The number of benzene rings is 1. The van der Waals surface area contributed by atoms with Gasteiger partial charge < -0.3 is 15.7 Å². The summed E-state index contributed by atoms with van der Waals surface area (Å²) in [6.07, 6.45) is -3.01. The van der Waals surface area contributed by atoms with Crippen molar-refractivity contribution in [3.8, 4) is 5.75 Å². The molecular formula is C14H19F3N2O2. The van der Waals surface area contributed by atoms with Gasteiger partial charge in [-0.1, -0.05) is 19.0 Å². The maximum absolute atomic E-state index is 13.0. The molecule has 0 aliphatic carbocycles. The Balaban J connectivity index is 2.93. The molecule has 0 saturated carbocycles. The van der Waals surface area contributed by atoms with Crippen LogP contribution in [0.25, 0.3) is 0 Å². The fourth-order valence-electron chi connectivity index (χ4n) is 1.77. The molecule has 4 nitrogen and oxygen atoms in total. The van der Waals surface area contributed by atoms with Crippen LogP contribution in [0.2, 0.25) is 0 Å². The normalized spacial score (nSPS) is 12.8. The van der Waals surface area contributed by atoms with Gasteiger partial charge in [-0.15, -0.1) is 0 Å². The summed E-state index contributed by atoms with van der Waals surface area (Å²) < 4.78 is 44.2. The van der Waals surface area contributed by atoms with Gasteiger partial charge in [-0.3, -0.25) is 0 Å². The molecule has 0 aliphatic rings. The second kappa shape index (κ2) is 7.19. The lowest BCUT2D eigenvalue weighted by atomic mass is 10.1. The minimum atomic E-state index is -4.57. The van der Waals surface area contributed by atoms with E-state index >= 15 is 0 Å². The maximum atomic E-state index is 13.0. The van der Waals surface area contributed by atoms with Gasteiger partial charge >= 0.3 is 6.18 Å². The molecule has 0 saturated heterocycles. The molecule has 1 rings (SSSR count). The number of amidine groups is 1. The predicted molar refractivity (Wildman–Crippen MR) is 73.5 cm³/mol. The van der Waals surface area contributed by atoms with Crippen molar-refractivity contribution >= 4 is 5.84 Å². The summed E-state index contributed by atoms with van der Waals surface area (Å²) in [4.78, 5) is 0. The Morgan fingerprint density at radius 1 is 1.38 bits per heavy atom. The molecule has 1 aromatic carbocycles. The van der Waals surface area contributed by atoms with Gasteiger partial charge in [-0.2, -0.15) is 13.2 Å². The van der Waals surface area contributed by atoms with Gasteiger partial charge in [0.25, 0.3) is 0 Å². The van der Waals surface area contributed by atoms with Crippen LogP contribution in [-0.2, 0) is 6.18 Å². The fraction of sp³-hybridized carbons (Fsp3) is 0.500. The Kier molecular flexibility index (Phi) is 5.87. The van der Waals surface area contributed by atoms with Crippen LogP contribution >= 0.6 is 0 Å². The quantitative estimate of drug-likeness (QED) is 0.277. The molecule has 3 N–H and O–H groups in total. The zero-order chi connectivity index (χ0) is 16.0. The number of hydrogen-bond donors (Lipinski definition) is 2. The van der Waals surface area contributed by atoms with Crippen LogP contribution < -0.4 is 10.5 Å². The molecular weight excluding hydrogens is 285 g/mol. The summed E-state index contributed by atoms with van der Waals surface area (Å²) >= 11 is 0. The largest absolute Gasteiger partial charge is 0.493 e. The van der Waals surface area contributed by atoms with Crippen molar-refractivity contribution in [1.82, 2.24) is 0 Å². The van der Waals surface area contributed by atoms with Crippen molar-refractivity contribution in [1.29, 1.82) is 0 Å². The van der Waals surface area contributed by atoms with E-state index in [-0.39, 0.29) is 23.8 Å². The molecule has 0 fully saturated rings. The first kappa shape index (κ1) is 17.1. The third-order valence-electron chi connectivity index (χ3n) is 2.87. The summed E-state index contributed by atoms with van der Waals surface area (Å²) in [6.45, 7) is 4.28. The number of nitrogens with two attached hydrogens (primary N) is 1. The molecule has 7 heteroatoms. The number of ether oxygens (including phenoxy) is 1. The molecule has 118 valence electrons. The van der Waals surface area contributed by atoms with Crippen LogP contribution in [0.5, 0.6) is 5.75 Å². The zero-order valence-corrected chi connectivity index (χ0v) is 11.9. The van der Waals surface area contributed by atoms with Crippen molar-refractivity contribution in [2.75, 3.05) is 6.61 Å². The van der Waals surface area contributed by atoms with E-state index in [1.165, 1.54) is 12.1 Å². The lowest BCUT2D eigenvalue weighted by Gasteiger charge is -2.15. The Morgan fingerprint density at radius 3 is 2.57 bits per heavy atom. The smallest absolute Gasteiger partial charge is 0.419 e. The molecule has 0 aliphatic heterocycles. The van der Waals surface area contributed by atoms with E-state index in [1.807, 2.05) is 13.8 Å². The van der Waals surface area contributed by atoms with Crippen LogP contribution in [0.4, 0.5) is 13.2 Å². The maximum Gasteiger partial charge on any atom is 0.419 e. The third-order valence-corrected chi connectivity index (χ3v) is 2.87. The summed E-state index contributed by atoms with van der Waals surface area (Å²) in [5, 5.41) is 11.2. The van der Waals surface area contributed by atoms with Crippen molar-refractivity contribution in [3.63, 3.8) is 0 Å². The van der Waals surface area contributed by atoms with Crippen molar-refractivity contribution in [2.45, 2.75) is 32.9 Å². The van der Waals surface area contributed by atoms with Crippen LogP contribution in [0.1, 0.15) is 37.8 Å². The highest BCUT2D eigenvalue weighted by Gasteiger charge is 2.35. The SMILES string of the molecule is CC(C)CCCOc1ccc(/C(N)=N/O)cc1C(F)(F)F. The lowest BCUT2D eigenvalue weighted by Crippen LogP contribution is -2.16. The highest BCUT2D eigenvalue weighted by Crippen LogP contribution is 2.37. The predicted octanol–water partition coefficient (Wildman–Crippen LogP) is 3.61. The molecule has 0 atom stereocenters. The van der Waals surface area contributed by atoms with Crippen LogP contribution in [0.3, 0.4) is 0 Å². The van der Waals surface area contributed by atoms with E-state index in [4.69, 9.17) is 15.7 Å². The Bertz CT molecular complexity index is 499. The molecule has 21 heavy (non-hydrogen) atoms. The second-order valence-corrected chi connectivity index (χ2v) is 5.08.